The van der Waals surface area contributed by atoms with Gasteiger partial charge in [-0.15, -0.1) is 0 Å². The van der Waals surface area contributed by atoms with Gasteiger partial charge in [-0.05, 0) is 40.4 Å². The summed E-state index contributed by atoms with van der Waals surface area (Å²) in [6, 6.07) is 0.221. The minimum atomic E-state index is -0.0466. The van der Waals surface area contributed by atoms with Gasteiger partial charge in [-0.25, -0.2) is 4.79 Å². The molecule has 0 aliphatic heterocycles. The van der Waals surface area contributed by atoms with Crippen molar-refractivity contribution in [1.82, 2.24) is 15.5 Å². The van der Waals surface area contributed by atoms with Gasteiger partial charge in [0.25, 0.3) is 0 Å². The molecule has 1 atom stereocenters. The SMILES string of the molecule is CCCC(C)NC(=O)NCCCN(C)C. The Morgan fingerprint density at radius 3 is 2.60 bits per heavy atom. The molecule has 15 heavy (non-hydrogen) atoms. The third-order valence-corrected chi connectivity index (χ3v) is 2.17. The van der Waals surface area contributed by atoms with Gasteiger partial charge in [0.15, 0.2) is 0 Å². The predicted octanol–water partition coefficient (Wildman–Crippen LogP) is 1.43. The van der Waals surface area contributed by atoms with E-state index in [0.29, 0.717) is 0 Å². The highest BCUT2D eigenvalue weighted by molar-refractivity contribution is 5.74. The summed E-state index contributed by atoms with van der Waals surface area (Å²) < 4.78 is 0. The quantitative estimate of drug-likeness (QED) is 0.631. The number of rotatable bonds is 7. The average molecular weight is 215 g/mol. The molecule has 0 saturated carbocycles. The molecule has 2 N–H and O–H groups in total. The first-order valence-electron chi connectivity index (χ1n) is 5.75. The topological polar surface area (TPSA) is 44.4 Å². The second-order valence-corrected chi connectivity index (χ2v) is 4.25. The van der Waals surface area contributed by atoms with Crippen LogP contribution in [-0.2, 0) is 0 Å². The van der Waals surface area contributed by atoms with E-state index in [-0.39, 0.29) is 12.1 Å². The molecule has 0 rings (SSSR count). The van der Waals surface area contributed by atoms with E-state index >= 15 is 0 Å². The van der Waals surface area contributed by atoms with Crippen LogP contribution in [0.5, 0.6) is 0 Å². The predicted molar refractivity (Wildman–Crippen MR) is 64.1 cm³/mol. The number of nitrogens with one attached hydrogen (secondary N) is 2. The Bertz CT molecular complexity index is 171. The van der Waals surface area contributed by atoms with E-state index in [1.165, 1.54) is 0 Å². The van der Waals surface area contributed by atoms with Gasteiger partial charge in [0, 0.05) is 12.6 Å². The van der Waals surface area contributed by atoms with Crippen LogP contribution >= 0.6 is 0 Å². The lowest BCUT2D eigenvalue weighted by molar-refractivity contribution is 0.236. The minimum absolute atomic E-state index is 0.0466. The van der Waals surface area contributed by atoms with Crippen LogP contribution in [0.25, 0.3) is 0 Å². The van der Waals surface area contributed by atoms with E-state index < -0.39 is 0 Å². The summed E-state index contributed by atoms with van der Waals surface area (Å²) in [5.74, 6) is 0. The van der Waals surface area contributed by atoms with Gasteiger partial charge < -0.3 is 15.5 Å². The van der Waals surface area contributed by atoms with Crippen molar-refractivity contribution in [3.63, 3.8) is 0 Å². The van der Waals surface area contributed by atoms with Crippen LogP contribution < -0.4 is 10.6 Å². The molecule has 0 aromatic rings. The van der Waals surface area contributed by atoms with Crippen molar-refractivity contribution in [3.05, 3.63) is 0 Å². The second-order valence-electron chi connectivity index (χ2n) is 4.25. The third-order valence-electron chi connectivity index (χ3n) is 2.17. The van der Waals surface area contributed by atoms with Crippen molar-refractivity contribution >= 4 is 6.03 Å². The Morgan fingerprint density at radius 2 is 2.07 bits per heavy atom. The Kier molecular flexibility index (Phi) is 8.09. The van der Waals surface area contributed by atoms with Gasteiger partial charge in [0.1, 0.15) is 0 Å². The zero-order chi connectivity index (χ0) is 11.7. The maximum atomic E-state index is 11.3. The van der Waals surface area contributed by atoms with E-state index in [0.717, 1.165) is 32.4 Å². The van der Waals surface area contributed by atoms with Gasteiger partial charge in [-0.1, -0.05) is 13.3 Å². The van der Waals surface area contributed by atoms with Gasteiger partial charge in [-0.3, -0.25) is 0 Å². The highest BCUT2D eigenvalue weighted by Crippen LogP contribution is 1.93. The van der Waals surface area contributed by atoms with E-state index in [1.54, 1.807) is 0 Å². The van der Waals surface area contributed by atoms with Crippen molar-refractivity contribution < 1.29 is 4.79 Å². The lowest BCUT2D eigenvalue weighted by atomic mass is 10.2. The van der Waals surface area contributed by atoms with Crippen molar-refractivity contribution in [2.24, 2.45) is 0 Å². The Balaban J connectivity index is 3.40. The first kappa shape index (κ1) is 14.2. The Labute approximate surface area is 93.4 Å². The molecule has 0 heterocycles. The summed E-state index contributed by atoms with van der Waals surface area (Å²) >= 11 is 0. The fraction of sp³-hybridized carbons (Fsp3) is 0.909. The lowest BCUT2D eigenvalue weighted by Crippen LogP contribution is -2.41. The fourth-order valence-corrected chi connectivity index (χ4v) is 1.38. The standard InChI is InChI=1S/C11H25N3O/c1-5-7-10(2)13-11(15)12-8-6-9-14(3)4/h10H,5-9H2,1-4H3,(H2,12,13,15). The Hall–Kier alpha value is -0.770. The molecule has 0 saturated heterocycles. The van der Waals surface area contributed by atoms with Gasteiger partial charge in [0.2, 0.25) is 0 Å². The van der Waals surface area contributed by atoms with Crippen molar-refractivity contribution in [3.8, 4) is 0 Å². The number of urea groups is 1. The Morgan fingerprint density at radius 1 is 1.40 bits per heavy atom. The van der Waals surface area contributed by atoms with Gasteiger partial charge in [-0.2, -0.15) is 0 Å². The van der Waals surface area contributed by atoms with Crippen LogP contribution in [0.1, 0.15) is 33.1 Å². The van der Waals surface area contributed by atoms with Crippen molar-refractivity contribution in [2.75, 3.05) is 27.2 Å². The molecule has 0 spiro atoms. The summed E-state index contributed by atoms with van der Waals surface area (Å²) in [5, 5.41) is 5.76. The highest BCUT2D eigenvalue weighted by atomic mass is 16.2. The zero-order valence-electron chi connectivity index (χ0n) is 10.5. The zero-order valence-corrected chi connectivity index (χ0v) is 10.5. The molecule has 2 amide bonds. The average Bonchev–Trinajstić information content (AvgIpc) is 2.12. The number of amides is 2. The highest BCUT2D eigenvalue weighted by Gasteiger charge is 2.04. The van der Waals surface area contributed by atoms with Crippen LogP contribution in [0.2, 0.25) is 0 Å². The molecular formula is C11H25N3O. The largest absolute Gasteiger partial charge is 0.338 e. The molecular weight excluding hydrogens is 190 g/mol. The second kappa shape index (κ2) is 8.53. The molecule has 0 bridgehead atoms. The van der Waals surface area contributed by atoms with Gasteiger partial charge in [0.05, 0.1) is 0 Å². The minimum Gasteiger partial charge on any atom is -0.338 e. The fourth-order valence-electron chi connectivity index (χ4n) is 1.38. The molecule has 4 heteroatoms. The number of carbonyl (C=O) groups is 1. The summed E-state index contributed by atoms with van der Waals surface area (Å²) in [6.07, 6.45) is 3.12. The number of nitrogens with zero attached hydrogens (tertiary/aromatic N) is 1. The van der Waals surface area contributed by atoms with Crippen molar-refractivity contribution in [1.29, 1.82) is 0 Å². The monoisotopic (exact) mass is 215 g/mol. The van der Waals surface area contributed by atoms with Crippen LogP contribution in [0.3, 0.4) is 0 Å². The first-order chi connectivity index (χ1) is 7.06. The normalized spacial score (nSPS) is 12.6. The van der Waals surface area contributed by atoms with Crippen LogP contribution in [0.15, 0.2) is 0 Å². The molecule has 0 aromatic heterocycles. The van der Waals surface area contributed by atoms with Crippen molar-refractivity contribution in [2.45, 2.75) is 39.2 Å². The summed E-state index contributed by atoms with van der Waals surface area (Å²) in [6.45, 7) is 5.89. The number of hydrogen-bond acceptors (Lipinski definition) is 2. The van der Waals surface area contributed by atoms with E-state index in [4.69, 9.17) is 0 Å². The van der Waals surface area contributed by atoms with E-state index in [9.17, 15) is 4.79 Å². The number of carbonyl (C=O) groups excluding carboxylic acids is 1. The molecule has 0 aromatic carbocycles. The van der Waals surface area contributed by atoms with Crippen LogP contribution in [0.4, 0.5) is 4.79 Å². The van der Waals surface area contributed by atoms with Gasteiger partial charge >= 0.3 is 6.03 Å². The maximum Gasteiger partial charge on any atom is 0.314 e. The third kappa shape index (κ3) is 9.53. The van der Waals surface area contributed by atoms with Crippen LogP contribution in [0, 0.1) is 0 Å². The summed E-state index contributed by atoms with van der Waals surface area (Å²) in [4.78, 5) is 13.4. The molecule has 0 aliphatic rings. The molecule has 4 nitrogen and oxygen atoms in total. The maximum absolute atomic E-state index is 11.3. The molecule has 0 fully saturated rings. The molecule has 1 unspecified atom stereocenters. The first-order valence-corrected chi connectivity index (χ1v) is 5.75. The summed E-state index contributed by atoms with van der Waals surface area (Å²) in [5.41, 5.74) is 0. The lowest BCUT2D eigenvalue weighted by Gasteiger charge is -2.14. The molecule has 90 valence electrons. The smallest absolute Gasteiger partial charge is 0.314 e. The van der Waals surface area contributed by atoms with E-state index in [2.05, 4.69) is 22.5 Å². The van der Waals surface area contributed by atoms with E-state index in [1.807, 2.05) is 21.0 Å². The number of hydrogen-bond donors (Lipinski definition) is 2. The molecule has 0 radical (unpaired) electrons. The van der Waals surface area contributed by atoms with Crippen LogP contribution in [-0.4, -0.2) is 44.2 Å². The summed E-state index contributed by atoms with van der Waals surface area (Å²) in [7, 11) is 4.06. The molecule has 0 aliphatic carbocycles.